The Morgan fingerprint density at radius 1 is 1.10 bits per heavy atom. The fraction of sp³-hybridized carbons (Fsp3) is 0.350. The van der Waals surface area contributed by atoms with Gasteiger partial charge in [0.05, 0.1) is 0 Å². The first-order valence-corrected chi connectivity index (χ1v) is 9.46. The third-order valence-corrected chi connectivity index (χ3v) is 4.26. The third kappa shape index (κ3) is 6.36. The highest BCUT2D eigenvalue weighted by Gasteiger charge is 2.28. The van der Waals surface area contributed by atoms with Gasteiger partial charge >= 0.3 is 6.18 Å². The van der Waals surface area contributed by atoms with E-state index in [9.17, 15) is 13.2 Å². The second kappa shape index (κ2) is 9.95. The van der Waals surface area contributed by atoms with Crippen LogP contribution in [0.3, 0.4) is 0 Å². The minimum atomic E-state index is -4.35. The topological polar surface area (TPSA) is 75.8 Å². The van der Waals surface area contributed by atoms with Gasteiger partial charge in [0.2, 0.25) is 0 Å². The molecule has 0 saturated heterocycles. The van der Waals surface area contributed by atoms with E-state index in [2.05, 4.69) is 25.8 Å². The summed E-state index contributed by atoms with van der Waals surface area (Å²) >= 11 is 0. The summed E-state index contributed by atoms with van der Waals surface area (Å²) < 4.78 is 43.2. The van der Waals surface area contributed by atoms with Crippen LogP contribution in [0.4, 0.5) is 13.2 Å². The first kappa shape index (κ1) is 21.4. The molecule has 7 nitrogen and oxygen atoms in total. The maximum Gasteiger partial charge on any atom is 0.422 e. The van der Waals surface area contributed by atoms with E-state index in [-0.39, 0.29) is 5.75 Å². The van der Waals surface area contributed by atoms with Crippen LogP contribution in [-0.4, -0.2) is 46.9 Å². The predicted octanol–water partition coefficient (Wildman–Crippen LogP) is 2.97. The van der Waals surface area contributed by atoms with Crippen molar-refractivity contribution in [3.63, 3.8) is 0 Å². The number of pyridine rings is 1. The Morgan fingerprint density at radius 2 is 1.90 bits per heavy atom. The summed E-state index contributed by atoms with van der Waals surface area (Å²) in [4.78, 5) is 4.17. The first-order valence-electron chi connectivity index (χ1n) is 9.46. The Hall–Kier alpha value is -3.30. The van der Waals surface area contributed by atoms with Gasteiger partial charge in [-0.3, -0.25) is 9.39 Å². The number of aryl methyl sites for hydroxylation is 1. The Labute approximate surface area is 172 Å². The molecule has 0 radical (unpaired) electrons. The summed E-state index contributed by atoms with van der Waals surface area (Å²) in [5.41, 5.74) is 1.72. The molecule has 0 amide bonds. The number of ether oxygens (including phenoxy) is 1. The normalized spacial score (nSPS) is 12.2. The molecule has 0 spiro atoms. The number of alkyl halides is 3. The molecule has 2 aromatic heterocycles. The molecule has 2 N–H and O–H groups in total. The molecule has 0 bridgehead atoms. The Morgan fingerprint density at radius 3 is 2.63 bits per heavy atom. The quantitative estimate of drug-likeness (QED) is 0.333. The molecule has 1 aromatic carbocycles. The number of halogens is 3. The van der Waals surface area contributed by atoms with Gasteiger partial charge in [-0.15, -0.1) is 10.2 Å². The van der Waals surface area contributed by atoms with E-state index < -0.39 is 12.8 Å². The minimum Gasteiger partial charge on any atom is -0.484 e. The van der Waals surface area contributed by atoms with Crippen LogP contribution in [0.15, 0.2) is 53.7 Å². The Balaban J connectivity index is 1.39. The summed E-state index contributed by atoms with van der Waals surface area (Å²) in [6.45, 7) is -0.120. The van der Waals surface area contributed by atoms with Crippen LogP contribution in [-0.2, 0) is 13.0 Å². The van der Waals surface area contributed by atoms with E-state index in [1.165, 1.54) is 12.1 Å². The average molecular weight is 420 g/mol. The largest absolute Gasteiger partial charge is 0.484 e. The van der Waals surface area contributed by atoms with Crippen LogP contribution in [0.5, 0.6) is 5.75 Å². The van der Waals surface area contributed by atoms with Gasteiger partial charge in [0.25, 0.3) is 0 Å². The van der Waals surface area contributed by atoms with Crippen molar-refractivity contribution in [1.29, 1.82) is 0 Å². The van der Waals surface area contributed by atoms with Crippen LogP contribution in [0.25, 0.3) is 5.65 Å². The van der Waals surface area contributed by atoms with E-state index in [1.807, 2.05) is 28.8 Å². The number of rotatable bonds is 8. The van der Waals surface area contributed by atoms with E-state index in [1.54, 1.807) is 19.2 Å². The molecule has 2 heterocycles. The number of nitrogens with zero attached hydrogens (tertiary/aromatic N) is 4. The number of fused-ring (bicyclic) bond motifs is 1. The van der Waals surface area contributed by atoms with Crippen LogP contribution in [0.2, 0.25) is 0 Å². The molecule has 30 heavy (non-hydrogen) atoms. The average Bonchev–Trinajstić information content (AvgIpc) is 3.15. The van der Waals surface area contributed by atoms with Crippen molar-refractivity contribution in [3.8, 4) is 5.75 Å². The van der Waals surface area contributed by atoms with Gasteiger partial charge in [0, 0.05) is 32.8 Å². The molecule has 0 aliphatic rings. The van der Waals surface area contributed by atoms with Crippen LogP contribution >= 0.6 is 0 Å². The third-order valence-electron chi connectivity index (χ3n) is 4.26. The number of aromatic nitrogens is 3. The van der Waals surface area contributed by atoms with Gasteiger partial charge < -0.3 is 15.4 Å². The van der Waals surface area contributed by atoms with Gasteiger partial charge in [-0.1, -0.05) is 18.2 Å². The molecule has 0 aliphatic heterocycles. The second-order valence-corrected chi connectivity index (χ2v) is 6.55. The van der Waals surface area contributed by atoms with Gasteiger partial charge in [0.15, 0.2) is 18.2 Å². The van der Waals surface area contributed by atoms with Gasteiger partial charge in [-0.25, -0.2) is 0 Å². The van der Waals surface area contributed by atoms with Crippen LogP contribution < -0.4 is 15.4 Å². The molecule has 10 heteroatoms. The van der Waals surface area contributed by atoms with E-state index >= 15 is 0 Å². The predicted molar refractivity (Wildman–Crippen MR) is 108 cm³/mol. The fourth-order valence-electron chi connectivity index (χ4n) is 2.79. The molecule has 0 fully saturated rings. The summed E-state index contributed by atoms with van der Waals surface area (Å²) in [5, 5.41) is 14.7. The van der Waals surface area contributed by atoms with Gasteiger partial charge in [0.1, 0.15) is 11.6 Å². The van der Waals surface area contributed by atoms with Crippen molar-refractivity contribution >= 4 is 11.6 Å². The second-order valence-electron chi connectivity index (χ2n) is 6.55. The van der Waals surface area contributed by atoms with Crippen molar-refractivity contribution in [1.82, 2.24) is 25.2 Å². The minimum absolute atomic E-state index is 0.180. The summed E-state index contributed by atoms with van der Waals surface area (Å²) in [6.07, 6.45) is -0.784. The Kier molecular flexibility index (Phi) is 7.10. The number of hydrogen-bond acceptors (Lipinski definition) is 4. The summed E-state index contributed by atoms with van der Waals surface area (Å²) in [5.74, 6) is 1.72. The van der Waals surface area contributed by atoms with Crippen LogP contribution in [0.1, 0.15) is 17.8 Å². The molecule has 0 aliphatic carbocycles. The number of guanidine groups is 1. The number of hydrogen-bond donors (Lipinski definition) is 2. The van der Waals surface area contributed by atoms with Crippen molar-refractivity contribution < 1.29 is 17.9 Å². The smallest absolute Gasteiger partial charge is 0.422 e. The van der Waals surface area contributed by atoms with Gasteiger partial charge in [-0.05, 0) is 36.2 Å². The van der Waals surface area contributed by atoms with E-state index in [0.717, 1.165) is 29.9 Å². The maximum absolute atomic E-state index is 12.2. The zero-order valence-corrected chi connectivity index (χ0v) is 16.5. The first-order chi connectivity index (χ1) is 14.4. The lowest BCUT2D eigenvalue weighted by Gasteiger charge is -2.12. The molecule has 0 unspecified atom stereocenters. The standard InChI is InChI=1S/C20H23F3N6O/c1-24-19(25-11-4-6-18-28-27-17-5-2-3-12-29(17)18)26-13-15-7-9-16(10-8-15)30-14-20(21,22)23/h2-3,5,7-10,12H,4,6,11,13-14H2,1H3,(H2,24,25,26). The number of benzene rings is 1. The zero-order chi connectivity index (χ0) is 21.4. The lowest BCUT2D eigenvalue weighted by Crippen LogP contribution is -2.37. The Bertz CT molecular complexity index is 969. The maximum atomic E-state index is 12.2. The van der Waals surface area contributed by atoms with Crippen molar-refractivity contribution in [3.05, 3.63) is 60.0 Å². The van der Waals surface area contributed by atoms with E-state index in [4.69, 9.17) is 4.74 Å². The molecular weight excluding hydrogens is 397 g/mol. The highest BCUT2D eigenvalue weighted by atomic mass is 19.4. The van der Waals surface area contributed by atoms with Crippen LogP contribution in [0, 0.1) is 0 Å². The molecule has 0 atom stereocenters. The molecule has 3 aromatic rings. The van der Waals surface area contributed by atoms with E-state index in [0.29, 0.717) is 19.0 Å². The van der Waals surface area contributed by atoms with Crippen molar-refractivity contribution in [2.24, 2.45) is 4.99 Å². The van der Waals surface area contributed by atoms with Gasteiger partial charge in [-0.2, -0.15) is 13.2 Å². The number of aliphatic imine (C=N–C) groups is 1. The SMILES string of the molecule is CN=C(NCCCc1nnc2ccccn12)NCc1ccc(OCC(F)(F)F)cc1. The lowest BCUT2D eigenvalue weighted by molar-refractivity contribution is -0.153. The lowest BCUT2D eigenvalue weighted by atomic mass is 10.2. The summed E-state index contributed by atoms with van der Waals surface area (Å²) in [6, 6.07) is 12.2. The summed E-state index contributed by atoms with van der Waals surface area (Å²) in [7, 11) is 1.68. The molecule has 0 saturated carbocycles. The molecular formula is C20H23F3N6O. The molecule has 3 rings (SSSR count). The number of nitrogens with one attached hydrogen (secondary N) is 2. The zero-order valence-electron chi connectivity index (χ0n) is 16.5. The highest BCUT2D eigenvalue weighted by Crippen LogP contribution is 2.18. The van der Waals surface area contributed by atoms with Crippen molar-refractivity contribution in [2.45, 2.75) is 25.6 Å². The fourth-order valence-corrected chi connectivity index (χ4v) is 2.79. The highest BCUT2D eigenvalue weighted by molar-refractivity contribution is 5.79. The molecule has 160 valence electrons. The monoisotopic (exact) mass is 420 g/mol. The van der Waals surface area contributed by atoms with Crippen molar-refractivity contribution in [2.75, 3.05) is 20.2 Å².